The Labute approximate surface area is 337 Å². The average molecular weight is 756 g/mol. The molecule has 0 spiro atoms. The van der Waals surface area contributed by atoms with Crippen molar-refractivity contribution in [3.8, 4) is 5.69 Å². The third-order valence-electron chi connectivity index (χ3n) is 12.1. The SMILES string of the molecule is c1ccc2cc3c(cc2c1)c1ccccc1n3-c1cc(C2=NC(n3c4ccccc4c4ccccc43)NC(c3cccc4ccccc34)=N2)cc2c1oc1ccccc12. The first kappa shape index (κ1) is 32.2. The standard InChI is InChI=1S/C53H33N5O/c1-2-16-34-30-47-42(28-33(34)15-1)39-21-7-9-24-44(39)57(47)48-31-35(29-43-40-22-8-12-27-49(40)59-50(43)48)51-54-52(41-23-13-17-32-14-3-4-18-36(32)41)56-53(55-51)58-45-25-10-5-19-37(45)38-20-6-11-26-46(38)58/h1-31,53H,(H,54,55,56). The molecule has 1 unspecified atom stereocenters. The number of aliphatic imine (C=N–C) groups is 2. The van der Waals surface area contributed by atoms with E-state index in [-0.39, 0.29) is 0 Å². The quantitative estimate of drug-likeness (QED) is 0.194. The molecule has 13 rings (SSSR count). The zero-order valence-corrected chi connectivity index (χ0v) is 31.7. The van der Waals surface area contributed by atoms with Crippen molar-refractivity contribution >= 4 is 98.8 Å². The summed E-state index contributed by atoms with van der Waals surface area (Å²) in [5, 5.41) is 15.3. The van der Waals surface area contributed by atoms with E-state index in [9.17, 15) is 0 Å². The number of furan rings is 1. The number of hydrogen-bond acceptors (Lipinski definition) is 4. The molecule has 0 radical (unpaired) electrons. The molecule has 0 amide bonds. The summed E-state index contributed by atoms with van der Waals surface area (Å²) in [7, 11) is 0. The van der Waals surface area contributed by atoms with Crippen LogP contribution in [0.25, 0.3) is 92.8 Å². The highest BCUT2D eigenvalue weighted by molar-refractivity contribution is 6.21. The van der Waals surface area contributed by atoms with Gasteiger partial charge in [-0.1, -0.05) is 140 Å². The zero-order chi connectivity index (χ0) is 38.6. The molecule has 0 saturated carbocycles. The number of hydrogen-bond donors (Lipinski definition) is 1. The minimum atomic E-state index is -0.499. The molecule has 4 heterocycles. The van der Waals surface area contributed by atoms with Crippen LogP contribution in [-0.2, 0) is 0 Å². The molecule has 59 heavy (non-hydrogen) atoms. The summed E-state index contributed by atoms with van der Waals surface area (Å²) < 4.78 is 11.5. The van der Waals surface area contributed by atoms with Crippen LogP contribution in [0.15, 0.2) is 202 Å². The summed E-state index contributed by atoms with van der Waals surface area (Å²) >= 11 is 0. The van der Waals surface area contributed by atoms with Gasteiger partial charge in [-0.05, 0) is 70.1 Å². The summed E-state index contributed by atoms with van der Waals surface area (Å²) in [5.74, 6) is 1.40. The van der Waals surface area contributed by atoms with E-state index in [0.29, 0.717) is 5.84 Å². The minimum Gasteiger partial charge on any atom is -0.454 e. The molecule has 0 fully saturated rings. The largest absolute Gasteiger partial charge is 0.454 e. The summed E-state index contributed by atoms with van der Waals surface area (Å²) in [6.07, 6.45) is -0.499. The van der Waals surface area contributed by atoms with Gasteiger partial charge >= 0.3 is 0 Å². The van der Waals surface area contributed by atoms with Gasteiger partial charge in [-0.25, -0.2) is 9.98 Å². The van der Waals surface area contributed by atoms with Crippen molar-refractivity contribution in [2.45, 2.75) is 6.29 Å². The molecule has 9 aromatic carbocycles. The van der Waals surface area contributed by atoms with Crippen LogP contribution in [0.4, 0.5) is 0 Å². The normalized spacial score (nSPS) is 14.6. The average Bonchev–Trinajstić information content (AvgIpc) is 3.95. The predicted molar refractivity (Wildman–Crippen MR) is 244 cm³/mol. The second kappa shape index (κ2) is 12.3. The molecule has 0 saturated heterocycles. The Morgan fingerprint density at radius 1 is 0.458 bits per heavy atom. The first-order chi connectivity index (χ1) is 29.2. The molecule has 12 aromatic rings. The van der Waals surface area contributed by atoms with E-state index in [2.05, 4.69) is 196 Å². The minimum absolute atomic E-state index is 0.499. The fraction of sp³-hybridized carbons (Fsp3) is 0.0189. The van der Waals surface area contributed by atoms with Crippen LogP contribution >= 0.6 is 0 Å². The Morgan fingerprint density at radius 2 is 1.05 bits per heavy atom. The maximum Gasteiger partial charge on any atom is 0.204 e. The Morgan fingerprint density at radius 3 is 1.81 bits per heavy atom. The van der Waals surface area contributed by atoms with Gasteiger partial charge in [0, 0.05) is 43.4 Å². The van der Waals surface area contributed by atoms with Crippen molar-refractivity contribution in [2.75, 3.05) is 0 Å². The van der Waals surface area contributed by atoms with Crippen LogP contribution in [-0.4, -0.2) is 20.8 Å². The van der Waals surface area contributed by atoms with Gasteiger partial charge in [0.15, 0.2) is 11.4 Å². The summed E-state index contributed by atoms with van der Waals surface area (Å²) in [5.41, 5.74) is 8.92. The first-order valence-corrected chi connectivity index (χ1v) is 20.0. The van der Waals surface area contributed by atoms with E-state index in [1.807, 2.05) is 6.07 Å². The van der Waals surface area contributed by atoms with E-state index in [4.69, 9.17) is 14.4 Å². The van der Waals surface area contributed by atoms with Crippen LogP contribution in [0.1, 0.15) is 17.4 Å². The van der Waals surface area contributed by atoms with E-state index in [0.717, 1.165) is 77.4 Å². The molecule has 1 N–H and O–H groups in total. The van der Waals surface area contributed by atoms with Gasteiger partial charge in [-0.2, -0.15) is 0 Å². The van der Waals surface area contributed by atoms with Crippen molar-refractivity contribution in [2.24, 2.45) is 9.98 Å². The lowest BCUT2D eigenvalue weighted by Gasteiger charge is -2.26. The Balaban J connectivity index is 1.13. The van der Waals surface area contributed by atoms with Crippen LogP contribution in [0, 0.1) is 0 Å². The number of nitrogens with zero attached hydrogens (tertiary/aromatic N) is 4. The molecule has 1 aliphatic rings. The highest BCUT2D eigenvalue weighted by Crippen LogP contribution is 2.41. The number of fused-ring (bicyclic) bond motifs is 11. The van der Waals surface area contributed by atoms with E-state index in [1.165, 1.54) is 32.3 Å². The van der Waals surface area contributed by atoms with Crippen LogP contribution in [0.3, 0.4) is 0 Å². The van der Waals surface area contributed by atoms with Crippen molar-refractivity contribution in [3.63, 3.8) is 0 Å². The highest BCUT2D eigenvalue weighted by Gasteiger charge is 2.27. The summed E-state index contributed by atoms with van der Waals surface area (Å²) in [6, 6.07) is 66.7. The zero-order valence-electron chi connectivity index (χ0n) is 31.7. The van der Waals surface area contributed by atoms with Crippen LogP contribution < -0.4 is 5.32 Å². The predicted octanol–water partition coefficient (Wildman–Crippen LogP) is 13.1. The molecular formula is C53H33N5O. The molecule has 276 valence electrons. The Hall–Kier alpha value is -7.96. The maximum atomic E-state index is 6.84. The van der Waals surface area contributed by atoms with Gasteiger partial charge in [0.1, 0.15) is 11.4 Å². The van der Waals surface area contributed by atoms with Crippen LogP contribution in [0.2, 0.25) is 0 Å². The number of benzene rings is 9. The van der Waals surface area contributed by atoms with Gasteiger partial charge in [-0.3, -0.25) is 0 Å². The topological polar surface area (TPSA) is 59.8 Å². The van der Waals surface area contributed by atoms with Crippen LogP contribution in [0.5, 0.6) is 0 Å². The third-order valence-corrected chi connectivity index (χ3v) is 12.1. The molecule has 3 aromatic heterocycles. The lowest BCUT2D eigenvalue weighted by atomic mass is 10.0. The van der Waals surface area contributed by atoms with Crippen molar-refractivity contribution in [1.29, 1.82) is 0 Å². The first-order valence-electron chi connectivity index (χ1n) is 20.0. The number of para-hydroxylation sites is 4. The molecule has 1 atom stereocenters. The Kier molecular flexibility index (Phi) is 6.69. The van der Waals surface area contributed by atoms with E-state index in [1.54, 1.807) is 0 Å². The Bertz CT molecular complexity index is 3730. The summed E-state index contributed by atoms with van der Waals surface area (Å²) in [6.45, 7) is 0. The number of amidine groups is 2. The number of rotatable bonds is 4. The van der Waals surface area contributed by atoms with Gasteiger partial charge in [0.25, 0.3) is 0 Å². The third kappa shape index (κ3) is 4.74. The molecule has 6 nitrogen and oxygen atoms in total. The maximum absolute atomic E-state index is 6.84. The van der Waals surface area contributed by atoms with E-state index < -0.39 is 6.29 Å². The fourth-order valence-electron chi connectivity index (χ4n) is 9.50. The lowest BCUT2D eigenvalue weighted by molar-refractivity contribution is 0.516. The van der Waals surface area contributed by atoms with Crippen molar-refractivity contribution in [1.82, 2.24) is 14.5 Å². The fourth-order valence-corrected chi connectivity index (χ4v) is 9.50. The lowest BCUT2D eigenvalue weighted by Crippen LogP contribution is -2.36. The van der Waals surface area contributed by atoms with Crippen molar-refractivity contribution in [3.05, 3.63) is 199 Å². The number of nitrogens with one attached hydrogen (secondary N) is 1. The summed E-state index contributed by atoms with van der Waals surface area (Å²) in [4.78, 5) is 11.0. The molecular weight excluding hydrogens is 723 g/mol. The molecule has 0 bridgehead atoms. The second-order valence-corrected chi connectivity index (χ2v) is 15.4. The van der Waals surface area contributed by atoms with Gasteiger partial charge in [0.2, 0.25) is 6.29 Å². The van der Waals surface area contributed by atoms with Crippen molar-refractivity contribution < 1.29 is 4.42 Å². The number of aromatic nitrogens is 2. The van der Waals surface area contributed by atoms with Gasteiger partial charge in [0.05, 0.1) is 27.8 Å². The molecule has 0 aliphatic carbocycles. The van der Waals surface area contributed by atoms with Gasteiger partial charge < -0.3 is 18.9 Å². The monoisotopic (exact) mass is 755 g/mol. The molecule has 6 heteroatoms. The second-order valence-electron chi connectivity index (χ2n) is 15.4. The highest BCUT2D eigenvalue weighted by atomic mass is 16.3. The van der Waals surface area contributed by atoms with E-state index >= 15 is 0 Å². The smallest absolute Gasteiger partial charge is 0.204 e. The molecule has 1 aliphatic heterocycles. The van der Waals surface area contributed by atoms with Gasteiger partial charge in [-0.15, -0.1) is 0 Å².